The number of piperidine rings is 1. The van der Waals surface area contributed by atoms with Crippen LogP contribution in [0, 0.1) is 5.41 Å². The lowest BCUT2D eigenvalue weighted by Crippen LogP contribution is -2.57. The summed E-state index contributed by atoms with van der Waals surface area (Å²) in [5.41, 5.74) is 5.07. The molecule has 1 heterocycles. The van der Waals surface area contributed by atoms with Crippen molar-refractivity contribution in [2.45, 2.75) is 51.0 Å². The Labute approximate surface area is 118 Å². The second kappa shape index (κ2) is 5.86. The topological polar surface area (TPSA) is 84.2 Å². The lowest BCUT2D eigenvalue weighted by Gasteiger charge is -2.36. The molecule has 2 amide bonds. The van der Waals surface area contributed by atoms with Crippen LogP contribution in [0.15, 0.2) is 0 Å². The molecule has 0 aromatic heterocycles. The van der Waals surface area contributed by atoms with Crippen molar-refractivity contribution in [1.82, 2.24) is 10.6 Å². The van der Waals surface area contributed by atoms with Crippen LogP contribution in [0.2, 0.25) is 0 Å². The quantitative estimate of drug-likeness (QED) is 0.663. The number of carbonyl (C=O) groups is 2. The van der Waals surface area contributed by atoms with Crippen LogP contribution in [0.4, 0.5) is 0 Å². The molecule has 0 aromatic rings. The van der Waals surface area contributed by atoms with Crippen molar-refractivity contribution in [2.75, 3.05) is 6.54 Å². The Morgan fingerprint density at radius 1 is 1.32 bits per heavy atom. The molecule has 0 aromatic carbocycles. The number of hydrogen-bond acceptors (Lipinski definition) is 3. The highest BCUT2D eigenvalue weighted by atomic mass is 32.1. The summed E-state index contributed by atoms with van der Waals surface area (Å²) in [6, 6.07) is -0.436. The maximum absolute atomic E-state index is 12.5. The minimum Gasteiger partial charge on any atom is -0.392 e. The Kier molecular flexibility index (Phi) is 4.39. The predicted octanol–water partition coefficient (Wildman–Crippen LogP) is 0.618. The molecule has 1 aliphatic heterocycles. The van der Waals surface area contributed by atoms with Gasteiger partial charge in [0.05, 0.1) is 10.4 Å². The van der Waals surface area contributed by atoms with Crippen LogP contribution >= 0.6 is 12.2 Å². The number of hydrogen-bond donors (Lipinski definition) is 3. The van der Waals surface area contributed by atoms with Gasteiger partial charge in [0, 0.05) is 6.54 Å². The molecule has 4 N–H and O–H groups in total. The lowest BCUT2D eigenvalue weighted by molar-refractivity contribution is -0.134. The third kappa shape index (κ3) is 2.88. The Morgan fingerprint density at radius 2 is 2.00 bits per heavy atom. The SMILES string of the molecule is NC(=S)C1(C(=O)NC2CCCNC2=O)CCCCC1. The van der Waals surface area contributed by atoms with Crippen LogP contribution in [0.5, 0.6) is 0 Å². The second-order valence-electron chi connectivity index (χ2n) is 5.47. The predicted molar refractivity (Wildman–Crippen MR) is 76.5 cm³/mol. The first kappa shape index (κ1) is 14.2. The van der Waals surface area contributed by atoms with E-state index < -0.39 is 11.5 Å². The highest BCUT2D eigenvalue weighted by Gasteiger charge is 2.43. The van der Waals surface area contributed by atoms with Crippen molar-refractivity contribution in [3.8, 4) is 0 Å². The molecule has 0 radical (unpaired) electrons. The van der Waals surface area contributed by atoms with Gasteiger partial charge in [-0.05, 0) is 25.7 Å². The van der Waals surface area contributed by atoms with E-state index in [1.54, 1.807) is 0 Å². The Bertz CT molecular complexity index is 391. The zero-order valence-electron chi connectivity index (χ0n) is 11.0. The molecule has 2 rings (SSSR count). The number of rotatable bonds is 3. The molecule has 1 saturated heterocycles. The highest BCUT2D eigenvalue weighted by molar-refractivity contribution is 7.80. The Morgan fingerprint density at radius 3 is 2.58 bits per heavy atom. The maximum atomic E-state index is 12.5. The van der Waals surface area contributed by atoms with Crippen LogP contribution < -0.4 is 16.4 Å². The van der Waals surface area contributed by atoms with Gasteiger partial charge < -0.3 is 16.4 Å². The van der Waals surface area contributed by atoms with Crippen molar-refractivity contribution in [3.63, 3.8) is 0 Å². The molecule has 1 unspecified atom stereocenters. The number of thiocarbonyl (C=S) groups is 1. The van der Waals surface area contributed by atoms with E-state index in [4.69, 9.17) is 18.0 Å². The molecule has 6 heteroatoms. The average Bonchev–Trinajstić information content (AvgIpc) is 2.42. The molecule has 19 heavy (non-hydrogen) atoms. The van der Waals surface area contributed by atoms with Crippen LogP contribution in [0.1, 0.15) is 44.9 Å². The molecule has 106 valence electrons. The third-order valence-electron chi connectivity index (χ3n) is 4.20. The summed E-state index contributed by atoms with van der Waals surface area (Å²) in [4.78, 5) is 24.5. The van der Waals surface area contributed by atoms with Crippen molar-refractivity contribution >= 4 is 29.0 Å². The number of nitrogens with one attached hydrogen (secondary N) is 2. The molecule has 0 spiro atoms. The second-order valence-corrected chi connectivity index (χ2v) is 5.91. The van der Waals surface area contributed by atoms with Crippen molar-refractivity contribution in [3.05, 3.63) is 0 Å². The lowest BCUT2D eigenvalue weighted by atomic mass is 9.73. The van der Waals surface area contributed by atoms with Gasteiger partial charge >= 0.3 is 0 Å². The summed E-state index contributed by atoms with van der Waals surface area (Å²) in [6.45, 7) is 0.686. The normalized spacial score (nSPS) is 26.3. The summed E-state index contributed by atoms with van der Waals surface area (Å²) in [5, 5.41) is 5.61. The van der Waals surface area contributed by atoms with Gasteiger partial charge in [0.2, 0.25) is 11.8 Å². The fourth-order valence-electron chi connectivity index (χ4n) is 2.95. The van der Waals surface area contributed by atoms with Gasteiger partial charge in [-0.25, -0.2) is 0 Å². The fraction of sp³-hybridized carbons (Fsp3) is 0.769. The van der Waals surface area contributed by atoms with E-state index in [1.807, 2.05) is 0 Å². The van der Waals surface area contributed by atoms with Crippen LogP contribution in [-0.2, 0) is 9.59 Å². The van der Waals surface area contributed by atoms with Gasteiger partial charge in [0.15, 0.2) is 0 Å². The Hall–Kier alpha value is -1.17. The van der Waals surface area contributed by atoms with E-state index in [0.29, 0.717) is 25.8 Å². The summed E-state index contributed by atoms with van der Waals surface area (Å²) >= 11 is 5.12. The zero-order valence-corrected chi connectivity index (χ0v) is 11.9. The number of carbonyl (C=O) groups excluding carboxylic acids is 2. The summed E-state index contributed by atoms with van der Waals surface area (Å²) in [7, 11) is 0. The molecule has 2 fully saturated rings. The zero-order chi connectivity index (χ0) is 13.9. The van der Waals surface area contributed by atoms with E-state index in [1.165, 1.54) is 0 Å². The monoisotopic (exact) mass is 283 g/mol. The fourth-order valence-corrected chi connectivity index (χ4v) is 3.24. The molecular weight excluding hydrogens is 262 g/mol. The first-order chi connectivity index (χ1) is 9.06. The third-order valence-corrected chi connectivity index (χ3v) is 4.59. The maximum Gasteiger partial charge on any atom is 0.242 e. The summed E-state index contributed by atoms with van der Waals surface area (Å²) < 4.78 is 0. The van der Waals surface area contributed by atoms with Gasteiger partial charge in [0.1, 0.15) is 6.04 Å². The van der Waals surface area contributed by atoms with E-state index in [2.05, 4.69) is 10.6 Å². The van der Waals surface area contributed by atoms with E-state index in [0.717, 1.165) is 25.7 Å². The molecule has 2 aliphatic rings. The molecule has 5 nitrogen and oxygen atoms in total. The van der Waals surface area contributed by atoms with E-state index in [-0.39, 0.29) is 16.8 Å². The smallest absolute Gasteiger partial charge is 0.242 e. The average molecular weight is 283 g/mol. The largest absolute Gasteiger partial charge is 0.392 e. The van der Waals surface area contributed by atoms with Crippen LogP contribution in [-0.4, -0.2) is 29.4 Å². The van der Waals surface area contributed by atoms with Gasteiger partial charge in [-0.15, -0.1) is 0 Å². The number of nitrogens with two attached hydrogens (primary N) is 1. The minimum absolute atomic E-state index is 0.103. The van der Waals surface area contributed by atoms with Crippen molar-refractivity contribution in [1.29, 1.82) is 0 Å². The van der Waals surface area contributed by atoms with Gasteiger partial charge in [0.25, 0.3) is 0 Å². The van der Waals surface area contributed by atoms with Gasteiger partial charge in [-0.3, -0.25) is 9.59 Å². The standard InChI is InChI=1S/C13H21N3O2S/c14-11(19)13(6-2-1-3-7-13)12(18)16-9-5-4-8-15-10(9)17/h9H,1-8H2,(H2,14,19)(H,15,17)(H,16,18). The molecule has 1 aliphatic carbocycles. The summed E-state index contributed by atoms with van der Waals surface area (Å²) in [6.07, 6.45) is 6.00. The van der Waals surface area contributed by atoms with Crippen LogP contribution in [0.3, 0.4) is 0 Å². The number of amides is 2. The highest BCUT2D eigenvalue weighted by Crippen LogP contribution is 2.37. The molecular formula is C13H21N3O2S. The first-order valence-electron chi connectivity index (χ1n) is 6.95. The Balaban J connectivity index is 2.07. The van der Waals surface area contributed by atoms with Crippen LogP contribution in [0.25, 0.3) is 0 Å². The minimum atomic E-state index is -0.745. The van der Waals surface area contributed by atoms with Gasteiger partial charge in [-0.1, -0.05) is 31.5 Å². The van der Waals surface area contributed by atoms with E-state index in [9.17, 15) is 9.59 Å². The molecule has 1 saturated carbocycles. The molecule has 0 bridgehead atoms. The van der Waals surface area contributed by atoms with Crippen molar-refractivity contribution in [2.24, 2.45) is 11.1 Å². The van der Waals surface area contributed by atoms with Gasteiger partial charge in [-0.2, -0.15) is 0 Å². The van der Waals surface area contributed by atoms with Crippen molar-refractivity contribution < 1.29 is 9.59 Å². The first-order valence-corrected chi connectivity index (χ1v) is 7.36. The summed E-state index contributed by atoms with van der Waals surface area (Å²) in [5.74, 6) is -0.268. The van der Waals surface area contributed by atoms with E-state index >= 15 is 0 Å². The molecule has 1 atom stereocenters.